The van der Waals surface area contributed by atoms with Crippen molar-refractivity contribution in [3.8, 4) is 0 Å². The van der Waals surface area contributed by atoms with Crippen LogP contribution in [0, 0.1) is 23.2 Å². The molecular weight excluding hydrogens is 276 g/mol. The molecular formula is C18H30N2S. The Morgan fingerprint density at radius 3 is 2.71 bits per heavy atom. The van der Waals surface area contributed by atoms with Crippen LogP contribution in [0.5, 0.6) is 0 Å². The van der Waals surface area contributed by atoms with E-state index in [1.165, 1.54) is 23.3 Å². The van der Waals surface area contributed by atoms with Crippen LogP contribution < -0.4 is 5.32 Å². The van der Waals surface area contributed by atoms with E-state index in [0.29, 0.717) is 5.41 Å². The largest absolute Gasteiger partial charge is 0.309 e. The van der Waals surface area contributed by atoms with Crippen LogP contribution in [0.1, 0.15) is 44.1 Å². The van der Waals surface area contributed by atoms with Gasteiger partial charge in [-0.2, -0.15) is 0 Å². The van der Waals surface area contributed by atoms with E-state index in [0.717, 1.165) is 36.9 Å². The van der Waals surface area contributed by atoms with Crippen LogP contribution in [0.25, 0.3) is 0 Å². The van der Waals surface area contributed by atoms with Crippen molar-refractivity contribution in [2.45, 2.75) is 52.7 Å². The lowest BCUT2D eigenvalue weighted by atomic mass is 9.45. The lowest BCUT2D eigenvalue weighted by molar-refractivity contribution is -0.115. The average molecular weight is 307 g/mol. The fourth-order valence-corrected chi connectivity index (χ4v) is 5.45. The zero-order valence-corrected chi connectivity index (χ0v) is 15.0. The summed E-state index contributed by atoms with van der Waals surface area (Å²) < 4.78 is 0. The van der Waals surface area contributed by atoms with Gasteiger partial charge in [-0.1, -0.05) is 20.8 Å². The highest BCUT2D eigenvalue weighted by atomic mass is 32.1. The van der Waals surface area contributed by atoms with Gasteiger partial charge >= 0.3 is 0 Å². The second-order valence-electron chi connectivity index (χ2n) is 8.10. The van der Waals surface area contributed by atoms with E-state index in [9.17, 15) is 0 Å². The Balaban J connectivity index is 1.53. The molecule has 3 fully saturated rings. The molecule has 1 N–H and O–H groups in total. The maximum atomic E-state index is 3.85. The maximum Gasteiger partial charge on any atom is 0.0302 e. The normalized spacial score (nSPS) is 34.0. The van der Waals surface area contributed by atoms with Gasteiger partial charge in [0, 0.05) is 24.0 Å². The number of hydrogen-bond acceptors (Lipinski definition) is 3. The number of nitrogens with one attached hydrogen (secondary N) is 1. The number of fused-ring (bicyclic) bond motifs is 2. The third-order valence-electron chi connectivity index (χ3n) is 6.10. The summed E-state index contributed by atoms with van der Waals surface area (Å²) in [6, 6.07) is 3.09. The van der Waals surface area contributed by atoms with E-state index in [2.05, 4.69) is 56.5 Å². The van der Waals surface area contributed by atoms with Crippen molar-refractivity contribution in [3.63, 3.8) is 0 Å². The Hall–Kier alpha value is -0.380. The van der Waals surface area contributed by atoms with Crippen molar-refractivity contribution in [3.05, 3.63) is 21.9 Å². The fraction of sp³-hybridized carbons (Fsp3) is 0.778. The third-order valence-corrected chi connectivity index (χ3v) is 7.08. The van der Waals surface area contributed by atoms with E-state index in [1.807, 2.05) is 11.3 Å². The predicted molar refractivity (Wildman–Crippen MR) is 91.5 cm³/mol. The highest BCUT2D eigenvalue weighted by molar-refractivity contribution is 7.10. The van der Waals surface area contributed by atoms with Crippen LogP contribution in [0.3, 0.4) is 0 Å². The maximum absolute atomic E-state index is 3.85. The smallest absolute Gasteiger partial charge is 0.0302 e. The lowest BCUT2D eigenvalue weighted by Gasteiger charge is -2.62. The van der Waals surface area contributed by atoms with Crippen molar-refractivity contribution in [2.75, 3.05) is 14.1 Å². The molecule has 2 bridgehead atoms. The minimum absolute atomic E-state index is 0.597. The second-order valence-corrected chi connectivity index (χ2v) is 9.10. The summed E-state index contributed by atoms with van der Waals surface area (Å²) in [7, 11) is 4.26. The van der Waals surface area contributed by atoms with Crippen molar-refractivity contribution in [2.24, 2.45) is 23.2 Å². The van der Waals surface area contributed by atoms with Gasteiger partial charge < -0.3 is 10.2 Å². The van der Waals surface area contributed by atoms with E-state index < -0.39 is 0 Å². The van der Waals surface area contributed by atoms with Crippen LogP contribution in [-0.2, 0) is 13.1 Å². The molecule has 0 saturated heterocycles. The van der Waals surface area contributed by atoms with Crippen molar-refractivity contribution >= 4 is 11.3 Å². The topological polar surface area (TPSA) is 15.3 Å². The number of rotatable bonds is 5. The Morgan fingerprint density at radius 1 is 1.33 bits per heavy atom. The Kier molecular flexibility index (Phi) is 4.19. The van der Waals surface area contributed by atoms with Gasteiger partial charge in [-0.25, -0.2) is 0 Å². The molecule has 4 atom stereocenters. The molecule has 0 spiro atoms. The molecule has 2 nitrogen and oxygen atoms in total. The van der Waals surface area contributed by atoms with Gasteiger partial charge in [-0.3, -0.25) is 0 Å². The summed E-state index contributed by atoms with van der Waals surface area (Å²) in [5.74, 6) is 2.71. The summed E-state index contributed by atoms with van der Waals surface area (Å²) in [6.45, 7) is 9.52. The molecule has 1 aromatic rings. The number of thiophene rings is 1. The third kappa shape index (κ3) is 2.93. The summed E-state index contributed by atoms with van der Waals surface area (Å²) in [6.07, 6.45) is 2.85. The summed E-state index contributed by atoms with van der Waals surface area (Å²) in [5, 5.41) is 6.16. The fourth-order valence-electron chi connectivity index (χ4n) is 4.62. The molecule has 1 heterocycles. The minimum Gasteiger partial charge on any atom is -0.309 e. The molecule has 118 valence electrons. The predicted octanol–water partition coefficient (Wildman–Crippen LogP) is 3.97. The van der Waals surface area contributed by atoms with Gasteiger partial charge in [0.15, 0.2) is 0 Å². The molecule has 1 aromatic heterocycles. The van der Waals surface area contributed by atoms with Gasteiger partial charge in [0.05, 0.1) is 0 Å². The van der Waals surface area contributed by atoms with Crippen LogP contribution in [0.4, 0.5) is 0 Å². The Bertz CT molecular complexity index is 491. The van der Waals surface area contributed by atoms with Gasteiger partial charge in [-0.05, 0) is 67.1 Å². The molecule has 0 radical (unpaired) electrons. The van der Waals surface area contributed by atoms with E-state index >= 15 is 0 Å². The number of nitrogens with zero attached hydrogens (tertiary/aromatic N) is 1. The number of hydrogen-bond donors (Lipinski definition) is 1. The van der Waals surface area contributed by atoms with Crippen molar-refractivity contribution < 1.29 is 0 Å². The molecule has 4 rings (SSSR count). The highest BCUT2D eigenvalue weighted by Crippen LogP contribution is 2.61. The molecule has 0 amide bonds. The second kappa shape index (κ2) is 5.68. The molecule has 0 aliphatic heterocycles. The molecule has 3 aliphatic carbocycles. The van der Waals surface area contributed by atoms with Crippen molar-refractivity contribution in [1.82, 2.24) is 10.2 Å². The van der Waals surface area contributed by atoms with Crippen LogP contribution in [0.15, 0.2) is 11.4 Å². The molecule has 1 unspecified atom stereocenters. The standard InChI is InChI=1S/C18H30N2S/c1-12-16-7-14(18(16,2)3)8-17(12)19-9-15-6-13(11-21-15)10-20(4)5/h6,11-12,14,16-17,19H,7-10H2,1-5H3/t12-,14?,16-,17-/m1/s1. The first-order valence-electron chi connectivity index (χ1n) is 8.32. The molecule has 3 aliphatic rings. The minimum atomic E-state index is 0.597. The van der Waals surface area contributed by atoms with Crippen LogP contribution >= 0.6 is 11.3 Å². The molecule has 0 aromatic carbocycles. The Labute approximate surface area is 133 Å². The van der Waals surface area contributed by atoms with E-state index in [4.69, 9.17) is 0 Å². The summed E-state index contributed by atoms with van der Waals surface area (Å²) >= 11 is 1.90. The lowest BCUT2D eigenvalue weighted by Crippen LogP contribution is -2.59. The SMILES string of the molecule is C[C@@H]1[C@H]2CC(C[C@H]1NCc1cc(CN(C)C)cs1)C2(C)C. The van der Waals surface area contributed by atoms with Crippen LogP contribution in [0.2, 0.25) is 0 Å². The summed E-state index contributed by atoms with van der Waals surface area (Å²) in [5.41, 5.74) is 2.04. The van der Waals surface area contributed by atoms with Crippen LogP contribution in [-0.4, -0.2) is 25.0 Å². The zero-order valence-electron chi connectivity index (χ0n) is 14.1. The Morgan fingerprint density at radius 2 is 2.10 bits per heavy atom. The monoisotopic (exact) mass is 306 g/mol. The van der Waals surface area contributed by atoms with Gasteiger partial charge in [0.25, 0.3) is 0 Å². The first-order chi connectivity index (χ1) is 9.88. The van der Waals surface area contributed by atoms with Gasteiger partial charge in [-0.15, -0.1) is 11.3 Å². The molecule has 3 saturated carbocycles. The van der Waals surface area contributed by atoms with Gasteiger partial charge in [0.1, 0.15) is 0 Å². The quantitative estimate of drug-likeness (QED) is 0.885. The first kappa shape index (κ1) is 15.5. The van der Waals surface area contributed by atoms with E-state index in [1.54, 1.807) is 0 Å². The van der Waals surface area contributed by atoms with E-state index in [-0.39, 0.29) is 0 Å². The highest BCUT2D eigenvalue weighted by Gasteiger charge is 2.55. The zero-order chi connectivity index (χ0) is 15.2. The summed E-state index contributed by atoms with van der Waals surface area (Å²) in [4.78, 5) is 3.72. The first-order valence-corrected chi connectivity index (χ1v) is 9.20. The average Bonchev–Trinajstić information content (AvgIpc) is 2.83. The van der Waals surface area contributed by atoms with Gasteiger partial charge in [0.2, 0.25) is 0 Å². The molecule has 3 heteroatoms. The molecule has 21 heavy (non-hydrogen) atoms. The van der Waals surface area contributed by atoms with Crippen molar-refractivity contribution in [1.29, 1.82) is 0 Å².